The molecule has 0 radical (unpaired) electrons. The average molecular weight is 630 g/mol. The Balaban J connectivity index is 1.60. The van der Waals surface area contributed by atoms with Gasteiger partial charge in [0, 0.05) is 43.9 Å². The van der Waals surface area contributed by atoms with Crippen LogP contribution in [0.25, 0.3) is 0 Å². The molecule has 246 valence electrons. The molecule has 0 saturated carbocycles. The summed E-state index contributed by atoms with van der Waals surface area (Å²) in [5.74, 6) is -0.367. The van der Waals surface area contributed by atoms with E-state index in [4.69, 9.17) is 9.47 Å². The smallest absolute Gasteiger partial charge is 0.258 e. The van der Waals surface area contributed by atoms with E-state index in [1.807, 2.05) is 62.4 Å². The van der Waals surface area contributed by atoms with Gasteiger partial charge in [0.25, 0.3) is 11.8 Å². The van der Waals surface area contributed by atoms with E-state index < -0.39 is 6.04 Å². The van der Waals surface area contributed by atoms with E-state index in [0.29, 0.717) is 35.7 Å². The summed E-state index contributed by atoms with van der Waals surface area (Å²) in [7, 11) is 1.76. The van der Waals surface area contributed by atoms with E-state index in [2.05, 4.69) is 5.32 Å². The Bertz CT molecular complexity index is 1430. The lowest BCUT2D eigenvalue weighted by Gasteiger charge is -2.36. The summed E-state index contributed by atoms with van der Waals surface area (Å²) >= 11 is 0. The van der Waals surface area contributed by atoms with Crippen LogP contribution in [0.2, 0.25) is 0 Å². The Morgan fingerprint density at radius 2 is 1.72 bits per heavy atom. The van der Waals surface area contributed by atoms with Crippen molar-refractivity contribution in [2.45, 2.75) is 64.7 Å². The second-order valence-corrected chi connectivity index (χ2v) is 12.3. The SMILES string of the molecule is C[C@@H]1CN([C@@H](C)CO)C(=O)c2cc(NC(=O)Cc3ccccc3)ccc2O[C@@H](C)CCCCO[C@@H]1CN(C)C(=O)c1ccccc1. The van der Waals surface area contributed by atoms with E-state index in [-0.39, 0.29) is 55.4 Å². The molecule has 3 amide bonds. The summed E-state index contributed by atoms with van der Waals surface area (Å²) in [6.07, 6.45) is 2.14. The van der Waals surface area contributed by atoms with Gasteiger partial charge in [-0.2, -0.15) is 0 Å². The van der Waals surface area contributed by atoms with Gasteiger partial charge in [0.1, 0.15) is 5.75 Å². The van der Waals surface area contributed by atoms with E-state index in [1.54, 1.807) is 54.1 Å². The number of aliphatic hydroxyl groups excluding tert-OH is 1. The summed E-state index contributed by atoms with van der Waals surface area (Å²) < 4.78 is 12.7. The van der Waals surface area contributed by atoms with Crippen molar-refractivity contribution in [2.24, 2.45) is 5.92 Å². The second kappa shape index (κ2) is 16.9. The zero-order valence-electron chi connectivity index (χ0n) is 27.4. The summed E-state index contributed by atoms with van der Waals surface area (Å²) in [4.78, 5) is 43.7. The van der Waals surface area contributed by atoms with E-state index in [1.165, 1.54) is 0 Å². The fourth-order valence-electron chi connectivity index (χ4n) is 5.60. The zero-order valence-corrected chi connectivity index (χ0v) is 27.4. The van der Waals surface area contributed by atoms with Crippen LogP contribution in [-0.4, -0.2) is 84.2 Å². The van der Waals surface area contributed by atoms with Crippen molar-refractivity contribution in [2.75, 3.05) is 38.7 Å². The van der Waals surface area contributed by atoms with Gasteiger partial charge in [0.2, 0.25) is 5.91 Å². The third-order valence-corrected chi connectivity index (χ3v) is 8.36. The highest BCUT2D eigenvalue weighted by Crippen LogP contribution is 2.28. The first-order valence-corrected chi connectivity index (χ1v) is 16.1. The molecule has 0 saturated heterocycles. The Morgan fingerprint density at radius 3 is 2.41 bits per heavy atom. The second-order valence-electron chi connectivity index (χ2n) is 12.3. The Hall–Kier alpha value is -4.21. The number of nitrogens with one attached hydrogen (secondary N) is 1. The van der Waals surface area contributed by atoms with E-state index >= 15 is 0 Å². The first kappa shape index (κ1) is 34.7. The molecule has 3 aromatic rings. The van der Waals surface area contributed by atoms with Crippen LogP contribution in [0.5, 0.6) is 5.75 Å². The maximum Gasteiger partial charge on any atom is 0.258 e. The number of nitrogens with zero attached hydrogens (tertiary/aromatic N) is 2. The molecule has 0 unspecified atom stereocenters. The van der Waals surface area contributed by atoms with Crippen molar-refractivity contribution in [3.05, 3.63) is 95.6 Å². The molecular weight excluding hydrogens is 582 g/mol. The number of carbonyl (C=O) groups excluding carboxylic acids is 3. The highest BCUT2D eigenvalue weighted by Gasteiger charge is 2.31. The molecule has 46 heavy (non-hydrogen) atoms. The minimum absolute atomic E-state index is 0.103. The number of anilines is 1. The Morgan fingerprint density at radius 1 is 1.02 bits per heavy atom. The number of hydrogen-bond acceptors (Lipinski definition) is 6. The number of benzene rings is 3. The minimum atomic E-state index is -0.506. The number of likely N-dealkylation sites (N-methyl/N-ethyl adjacent to an activating group) is 1. The molecular formula is C37H47N3O6. The van der Waals surface area contributed by atoms with Gasteiger partial charge in [-0.15, -0.1) is 0 Å². The molecule has 4 rings (SSSR count). The normalized spacial score (nSPS) is 20.1. The van der Waals surface area contributed by atoms with Crippen molar-refractivity contribution >= 4 is 23.4 Å². The third kappa shape index (κ3) is 9.64. The van der Waals surface area contributed by atoms with Crippen LogP contribution < -0.4 is 10.1 Å². The average Bonchev–Trinajstić information content (AvgIpc) is 3.06. The maximum atomic E-state index is 14.3. The standard InChI is InChI=1S/C37H47N3O6/c1-26-23-40(27(2)25-41)37(44)32-22-31(38-35(42)21-29-14-7-5-8-15-29)18-19-33(32)46-28(3)13-11-12-20-45-34(26)24-39(4)36(43)30-16-9-6-10-17-30/h5-10,14-19,22,26-28,34,41H,11-13,20-21,23-25H2,1-4H3,(H,38,42)/t26-,27+,28+,34-/m1/s1. The van der Waals surface area contributed by atoms with Crippen LogP contribution in [0.1, 0.15) is 66.3 Å². The summed E-state index contributed by atoms with van der Waals surface area (Å²) in [5, 5.41) is 13.1. The van der Waals surface area contributed by atoms with Gasteiger partial charge in [-0.1, -0.05) is 55.5 Å². The molecule has 0 spiro atoms. The number of rotatable bonds is 8. The van der Waals surface area contributed by atoms with Crippen molar-refractivity contribution < 1.29 is 29.0 Å². The lowest BCUT2D eigenvalue weighted by atomic mass is 10.0. The quantitative estimate of drug-likeness (QED) is 0.344. The van der Waals surface area contributed by atoms with Crippen LogP contribution in [0, 0.1) is 5.92 Å². The van der Waals surface area contributed by atoms with Crippen LogP contribution in [0.3, 0.4) is 0 Å². The van der Waals surface area contributed by atoms with Gasteiger partial charge in [0.05, 0.1) is 36.8 Å². The van der Waals surface area contributed by atoms with Crippen LogP contribution in [-0.2, 0) is 16.0 Å². The maximum absolute atomic E-state index is 14.3. The predicted molar refractivity (Wildman–Crippen MR) is 179 cm³/mol. The van der Waals surface area contributed by atoms with Gasteiger partial charge in [-0.05, 0) is 69.0 Å². The van der Waals surface area contributed by atoms with Crippen molar-refractivity contribution in [3.63, 3.8) is 0 Å². The molecule has 4 atom stereocenters. The lowest BCUT2D eigenvalue weighted by Crippen LogP contribution is -2.48. The number of hydrogen-bond donors (Lipinski definition) is 2. The fourth-order valence-corrected chi connectivity index (χ4v) is 5.60. The monoisotopic (exact) mass is 629 g/mol. The van der Waals surface area contributed by atoms with E-state index in [0.717, 1.165) is 24.8 Å². The lowest BCUT2D eigenvalue weighted by molar-refractivity contribution is -0.115. The first-order valence-electron chi connectivity index (χ1n) is 16.1. The summed E-state index contributed by atoms with van der Waals surface area (Å²) in [6, 6.07) is 23.2. The largest absolute Gasteiger partial charge is 0.490 e. The predicted octanol–water partition coefficient (Wildman–Crippen LogP) is 5.44. The van der Waals surface area contributed by atoms with Crippen molar-refractivity contribution in [1.29, 1.82) is 0 Å². The summed E-state index contributed by atoms with van der Waals surface area (Å²) in [5.41, 5.74) is 2.28. The van der Waals surface area contributed by atoms with Crippen LogP contribution in [0.4, 0.5) is 5.69 Å². The molecule has 3 aromatic carbocycles. The molecule has 1 heterocycles. The molecule has 1 aliphatic rings. The minimum Gasteiger partial charge on any atom is -0.490 e. The van der Waals surface area contributed by atoms with Gasteiger partial charge in [-0.25, -0.2) is 0 Å². The first-order chi connectivity index (χ1) is 22.2. The van der Waals surface area contributed by atoms with Crippen molar-refractivity contribution in [1.82, 2.24) is 9.80 Å². The molecule has 0 aromatic heterocycles. The van der Waals surface area contributed by atoms with Gasteiger partial charge in [0.15, 0.2) is 0 Å². The molecule has 1 aliphatic heterocycles. The third-order valence-electron chi connectivity index (χ3n) is 8.36. The van der Waals surface area contributed by atoms with E-state index in [9.17, 15) is 19.5 Å². The molecule has 0 aliphatic carbocycles. The molecule has 9 nitrogen and oxygen atoms in total. The molecule has 9 heteroatoms. The number of fused-ring (bicyclic) bond motifs is 1. The summed E-state index contributed by atoms with van der Waals surface area (Å²) in [6.45, 7) is 6.67. The number of amides is 3. The number of aliphatic hydroxyl groups is 1. The number of carbonyl (C=O) groups is 3. The van der Waals surface area contributed by atoms with Gasteiger partial charge < -0.3 is 29.7 Å². The Labute approximate surface area is 272 Å². The van der Waals surface area contributed by atoms with Crippen molar-refractivity contribution in [3.8, 4) is 5.75 Å². The zero-order chi connectivity index (χ0) is 33.1. The molecule has 0 bridgehead atoms. The highest BCUT2D eigenvalue weighted by molar-refractivity contribution is 6.00. The highest BCUT2D eigenvalue weighted by atomic mass is 16.5. The molecule has 2 N–H and O–H groups in total. The molecule has 0 fully saturated rings. The van der Waals surface area contributed by atoms with Crippen LogP contribution in [0.15, 0.2) is 78.9 Å². The fraction of sp³-hybridized carbons (Fsp3) is 0.432. The Kier molecular flexibility index (Phi) is 12.7. The van der Waals surface area contributed by atoms with Crippen LogP contribution >= 0.6 is 0 Å². The van der Waals surface area contributed by atoms with Gasteiger partial charge >= 0.3 is 0 Å². The topological polar surface area (TPSA) is 108 Å². The van der Waals surface area contributed by atoms with Gasteiger partial charge in [-0.3, -0.25) is 14.4 Å². The number of ether oxygens (including phenoxy) is 2.